The molecular weight excluding hydrogens is 2570 g/mol. The lowest BCUT2D eigenvalue weighted by Crippen LogP contribution is -2.49. The molecule has 6 bridgehead atoms. The van der Waals surface area contributed by atoms with Crippen LogP contribution < -0.4 is 15.3 Å². The highest BCUT2D eigenvalue weighted by molar-refractivity contribution is 14.1. The summed E-state index contributed by atoms with van der Waals surface area (Å²) in [6.07, 6.45) is -27.2. The molecule has 0 spiro atoms. The number of hydrogen-bond donors (Lipinski definition) is 0. The Morgan fingerprint density at radius 2 is 0.804 bits per heavy atom. The van der Waals surface area contributed by atoms with Crippen molar-refractivity contribution in [3.8, 4) is 17.2 Å². The molecule has 0 radical (unpaired) electrons. The second-order valence-corrected chi connectivity index (χ2v) is 42.0. The summed E-state index contributed by atoms with van der Waals surface area (Å²) in [5.74, 6) is -13.5. The van der Waals surface area contributed by atoms with Gasteiger partial charge in [-0.25, -0.2) is 8.42 Å². The topological polar surface area (TPSA) is 306 Å². The third-order valence-electron chi connectivity index (χ3n) is 22.2. The number of hydrogen-bond acceptors (Lipinski definition) is 21. The number of carbonyl (C=O) groups is 7. The first-order valence-corrected chi connectivity index (χ1v) is 46.1. The average molecular weight is 2630 g/mol. The number of sulfone groups is 1. The van der Waals surface area contributed by atoms with E-state index in [0.29, 0.717) is 52.1 Å². The third-order valence-corrected chi connectivity index (χ3v) is 30.6. The summed E-state index contributed by atoms with van der Waals surface area (Å²) in [7, 11) is -3.03. The van der Waals surface area contributed by atoms with E-state index in [0.717, 1.165) is 45.0 Å². The number of rotatable bonds is 11. The Bertz CT molecular complexity index is 3940. The van der Waals surface area contributed by atoms with Gasteiger partial charge in [0.1, 0.15) is 46.5 Å². The van der Waals surface area contributed by atoms with E-state index >= 15 is 0 Å². The SMILES string of the molecule is O=C(CC1CCOCC1)OC1C2CC3C1OC(=O)C3(C(F)(F)F)C2.O=C(CC1CCOCC1)OC1C2CC3C1OC(=O)C3C2C(=O)OC(C(F)(F)F)C(F)(F)F.O=C(CC1CCS(=O)(=O)CC1)OC1C2CC3C1OC(=O)C3(C(F)(F)F)C2.[O-]c1c(I)cc(I)cc1I.[O-]c1c(I)cc(I)cc1I.[O-]c1c(I)cc(I)cc1I. The average Bonchev–Trinajstić information content (AvgIpc) is 1.53. The molecule has 6 saturated carbocycles. The fraction of sp³-hybridized carbons (Fsp3) is 0.638. The van der Waals surface area contributed by atoms with Gasteiger partial charge < -0.3 is 58.0 Å². The largest absolute Gasteiger partial charge is 0.871 e. The first kappa shape index (κ1) is 93.2. The van der Waals surface area contributed by atoms with Gasteiger partial charge in [-0.15, -0.1) is 0 Å². The zero-order valence-corrected chi connectivity index (χ0v) is 77.7. The molecular formula is C69H64F12I9O21S-3. The van der Waals surface area contributed by atoms with Gasteiger partial charge in [0.25, 0.3) is 6.10 Å². The molecule has 0 amide bonds. The van der Waals surface area contributed by atoms with Crippen molar-refractivity contribution in [3.63, 3.8) is 0 Å². The van der Waals surface area contributed by atoms with E-state index in [-0.39, 0.29) is 91.5 Å². The van der Waals surface area contributed by atoms with Gasteiger partial charge in [-0.1, -0.05) is 17.2 Å². The van der Waals surface area contributed by atoms with E-state index in [2.05, 4.69) is 208 Å². The molecule has 16 unspecified atom stereocenters. The minimum absolute atomic E-state index is 0.00816. The molecule has 12 aliphatic rings. The Morgan fingerprint density at radius 3 is 1.13 bits per heavy atom. The van der Waals surface area contributed by atoms with Crippen molar-refractivity contribution in [2.75, 3.05) is 37.9 Å². The maximum absolute atomic E-state index is 13.5. The summed E-state index contributed by atoms with van der Waals surface area (Å²) < 4.78 is 234. The monoisotopic (exact) mass is 2630 g/mol. The van der Waals surface area contributed by atoms with Crippen LogP contribution in [-0.4, -0.2) is 156 Å². The van der Waals surface area contributed by atoms with Crippen molar-refractivity contribution in [2.45, 2.75) is 157 Å². The van der Waals surface area contributed by atoms with Gasteiger partial charge in [0.05, 0.1) is 23.3 Å². The number of alkyl halides is 12. The lowest BCUT2D eigenvalue weighted by atomic mass is 9.73. The molecule has 0 N–H and O–H groups in total. The summed E-state index contributed by atoms with van der Waals surface area (Å²) in [5, 5.41) is 33.3. The van der Waals surface area contributed by atoms with Crippen molar-refractivity contribution in [1.29, 1.82) is 0 Å². The van der Waals surface area contributed by atoms with Gasteiger partial charge in [0, 0.05) is 113 Å². The van der Waals surface area contributed by atoms with Gasteiger partial charge in [0.2, 0.25) is 0 Å². The number of halogens is 21. The molecule has 15 rings (SSSR count). The van der Waals surface area contributed by atoms with E-state index in [9.17, 15) is 110 Å². The normalized spacial score (nSPS) is 31.0. The summed E-state index contributed by atoms with van der Waals surface area (Å²) in [6.45, 7) is 2.20. The van der Waals surface area contributed by atoms with E-state index in [1.807, 2.05) is 36.4 Å². The molecule has 12 fully saturated rings. The van der Waals surface area contributed by atoms with Crippen molar-refractivity contribution in [2.24, 2.45) is 75.9 Å². The second-order valence-electron chi connectivity index (χ2n) is 29.0. The van der Waals surface area contributed by atoms with Gasteiger partial charge in [0.15, 0.2) is 10.8 Å². The number of ether oxygens (including phenoxy) is 9. The van der Waals surface area contributed by atoms with E-state index in [1.54, 1.807) is 0 Å². The Morgan fingerprint density at radius 1 is 0.473 bits per heavy atom. The van der Waals surface area contributed by atoms with Crippen molar-refractivity contribution in [1.82, 2.24) is 0 Å². The summed E-state index contributed by atoms with van der Waals surface area (Å²) in [6, 6.07) is 11.3. The molecule has 43 heteroatoms. The number of benzene rings is 3. The molecule has 112 heavy (non-hydrogen) atoms. The standard InChI is InChI=1S/C19H20F6O7.C16H19F3O6S.C16H19F3O5.3C6H3I3O/c20-18(21,22)17(19(23,24)25)32-16(28)12-8-6-9-11(12)15(27)31-14(9)13(8)30-10(26)5-7-1-3-29-4-2-7;17-16(18,19)15-7-9-6-10(15)13(25-14(15)21)12(9)24-11(20)5-8-1-3-26(22,23)4-2-8;17-16(18,19)15-7-9-6-10(15)13(24-14(15)21)12(9)23-11(20)5-8-1-3-22-4-2-8;3*7-3-1-4(8)6(10)5(9)2-3/h7-9,11-14,17H,1-6H2;8-10,12-13H,1-7H2;8-10,12-13H,1-7H2;3*1-2,10H/p-3. The van der Waals surface area contributed by atoms with Gasteiger partial charge in [-0.05, 0) is 328 Å². The van der Waals surface area contributed by atoms with Crippen LogP contribution in [0.1, 0.15) is 89.9 Å². The van der Waals surface area contributed by atoms with Crippen LogP contribution in [-0.2, 0) is 86.0 Å². The molecule has 16 atom stereocenters. The Kier molecular flexibility index (Phi) is 31.1. The van der Waals surface area contributed by atoms with Crippen LogP contribution in [0, 0.1) is 108 Å². The highest BCUT2D eigenvalue weighted by Crippen LogP contribution is 2.69. The minimum atomic E-state index is -5.88. The van der Waals surface area contributed by atoms with Gasteiger partial charge >= 0.3 is 66.5 Å². The van der Waals surface area contributed by atoms with Crippen LogP contribution >= 0.6 is 203 Å². The zero-order chi connectivity index (χ0) is 82.6. The van der Waals surface area contributed by atoms with Crippen molar-refractivity contribution >= 4 is 255 Å². The van der Waals surface area contributed by atoms with Crippen LogP contribution in [0.15, 0.2) is 36.4 Å². The fourth-order valence-corrected chi connectivity index (χ4v) is 29.4. The van der Waals surface area contributed by atoms with Gasteiger partial charge in [-0.3, -0.25) is 33.6 Å². The second kappa shape index (κ2) is 37.3. The molecule has 3 aromatic carbocycles. The zero-order valence-electron chi connectivity index (χ0n) is 57.4. The molecule has 0 aromatic heterocycles. The van der Waals surface area contributed by atoms with Crippen LogP contribution in [0.2, 0.25) is 0 Å². The summed E-state index contributed by atoms with van der Waals surface area (Å²) in [4.78, 5) is 85.2. The van der Waals surface area contributed by atoms with E-state index < -0.39 is 184 Å². The highest BCUT2D eigenvalue weighted by Gasteiger charge is 2.82. The summed E-state index contributed by atoms with van der Waals surface area (Å²) in [5.41, 5.74) is -4.82. The lowest BCUT2D eigenvalue weighted by molar-refractivity contribution is -0.315. The fourth-order valence-electron chi connectivity index (χ4n) is 17.0. The minimum Gasteiger partial charge on any atom is -0.871 e. The van der Waals surface area contributed by atoms with Crippen LogP contribution in [0.5, 0.6) is 17.2 Å². The number of fused-ring (bicyclic) bond motifs is 3. The van der Waals surface area contributed by atoms with Gasteiger partial charge in [-0.2, -0.15) is 52.7 Å². The van der Waals surface area contributed by atoms with Crippen LogP contribution in [0.3, 0.4) is 0 Å². The maximum Gasteiger partial charge on any atom is 0.434 e. The van der Waals surface area contributed by atoms with Crippen molar-refractivity contribution < 1.29 is 153 Å². The third kappa shape index (κ3) is 20.8. The molecule has 6 heterocycles. The smallest absolute Gasteiger partial charge is 0.434 e. The van der Waals surface area contributed by atoms with Crippen molar-refractivity contribution in [3.05, 3.63) is 68.5 Å². The highest BCUT2D eigenvalue weighted by atomic mass is 127. The first-order valence-electron chi connectivity index (χ1n) is 34.6. The molecule has 6 saturated heterocycles. The maximum atomic E-state index is 13.5. The predicted octanol–water partition coefficient (Wildman–Crippen LogP) is 14.1. The van der Waals surface area contributed by atoms with Crippen LogP contribution in [0.25, 0.3) is 0 Å². The Labute approximate surface area is 755 Å². The molecule has 21 nitrogen and oxygen atoms in total. The lowest BCUT2D eigenvalue weighted by Gasteiger charge is -2.33. The first-order chi connectivity index (χ1) is 52.1. The molecule has 6 aliphatic heterocycles. The molecule has 6 aliphatic carbocycles. The van der Waals surface area contributed by atoms with E-state index in [1.165, 1.54) is 0 Å². The number of carbonyl (C=O) groups excluding carboxylic acids is 7. The Hall–Kier alpha value is -1.05. The Balaban J connectivity index is 0.000000151. The van der Waals surface area contributed by atoms with Crippen LogP contribution in [0.4, 0.5) is 52.7 Å². The number of esters is 7. The quantitative estimate of drug-likeness (QED) is 0.0745. The molecule has 622 valence electrons. The molecule has 3 aromatic rings. The van der Waals surface area contributed by atoms with E-state index in [4.69, 9.17) is 37.9 Å². The predicted molar refractivity (Wildman–Crippen MR) is 434 cm³/mol. The summed E-state index contributed by atoms with van der Waals surface area (Å²) >= 11 is 18.9.